The molecule has 0 radical (unpaired) electrons. The molecule has 0 aliphatic heterocycles. The second-order valence-corrected chi connectivity index (χ2v) is 6.08. The number of aromatic nitrogens is 2. The van der Waals surface area contributed by atoms with Crippen molar-refractivity contribution in [2.75, 3.05) is 19.1 Å². The first-order chi connectivity index (χ1) is 13.2. The summed E-state index contributed by atoms with van der Waals surface area (Å²) in [6.07, 6.45) is 1.60. The lowest BCUT2D eigenvalue weighted by Gasteiger charge is -2.17. The SMILES string of the molecule is COc1ccccc1CNC(=O)c1ccnc(N(C)Cc2ccccc2)n1. The van der Waals surface area contributed by atoms with Crippen LogP contribution in [0.2, 0.25) is 0 Å². The van der Waals surface area contributed by atoms with Crippen LogP contribution in [0.3, 0.4) is 0 Å². The molecule has 0 spiro atoms. The third-order valence-corrected chi connectivity index (χ3v) is 4.11. The number of hydrogen-bond acceptors (Lipinski definition) is 5. The molecule has 3 aromatic rings. The Balaban J connectivity index is 1.66. The fourth-order valence-corrected chi connectivity index (χ4v) is 2.70. The normalized spacial score (nSPS) is 10.3. The summed E-state index contributed by atoms with van der Waals surface area (Å²) in [5, 5.41) is 2.88. The summed E-state index contributed by atoms with van der Waals surface area (Å²) in [6, 6.07) is 19.2. The number of carbonyl (C=O) groups excluding carboxylic acids is 1. The Kier molecular flexibility index (Phi) is 5.99. The maximum absolute atomic E-state index is 12.5. The Bertz CT molecular complexity index is 899. The summed E-state index contributed by atoms with van der Waals surface area (Å²) in [5.74, 6) is 0.991. The number of rotatable bonds is 7. The molecule has 1 heterocycles. The van der Waals surface area contributed by atoms with Gasteiger partial charge in [0, 0.05) is 31.9 Å². The van der Waals surface area contributed by atoms with Crippen LogP contribution in [0.15, 0.2) is 66.9 Å². The number of hydrogen-bond donors (Lipinski definition) is 1. The van der Waals surface area contributed by atoms with Crippen LogP contribution in [0, 0.1) is 0 Å². The average Bonchev–Trinajstić information content (AvgIpc) is 2.73. The van der Waals surface area contributed by atoms with E-state index in [1.165, 1.54) is 0 Å². The fourth-order valence-electron chi connectivity index (χ4n) is 2.70. The Hall–Kier alpha value is -3.41. The molecule has 0 saturated heterocycles. The molecule has 1 amide bonds. The molecule has 6 nitrogen and oxygen atoms in total. The van der Waals surface area contributed by atoms with Crippen molar-refractivity contribution in [2.24, 2.45) is 0 Å². The largest absolute Gasteiger partial charge is 0.496 e. The second-order valence-electron chi connectivity index (χ2n) is 6.08. The number of nitrogens with zero attached hydrogens (tertiary/aromatic N) is 3. The lowest BCUT2D eigenvalue weighted by molar-refractivity contribution is 0.0945. The molecule has 0 unspecified atom stereocenters. The van der Waals surface area contributed by atoms with Gasteiger partial charge < -0.3 is 15.0 Å². The molecule has 0 aliphatic rings. The molecule has 6 heteroatoms. The lowest BCUT2D eigenvalue weighted by atomic mass is 10.2. The van der Waals surface area contributed by atoms with Gasteiger partial charge in [0.25, 0.3) is 5.91 Å². The fraction of sp³-hybridized carbons (Fsp3) is 0.190. The van der Waals surface area contributed by atoms with Crippen LogP contribution in [-0.2, 0) is 13.1 Å². The summed E-state index contributed by atoms with van der Waals surface area (Å²) >= 11 is 0. The molecule has 3 rings (SSSR count). The van der Waals surface area contributed by atoms with Crippen molar-refractivity contribution in [3.05, 3.63) is 83.7 Å². The van der Waals surface area contributed by atoms with Crippen LogP contribution >= 0.6 is 0 Å². The molecule has 1 aromatic heterocycles. The first kappa shape index (κ1) is 18.4. The van der Waals surface area contributed by atoms with Gasteiger partial charge in [-0.15, -0.1) is 0 Å². The standard InChI is InChI=1S/C21H22N4O2/c1-25(15-16-8-4-3-5-9-16)21-22-13-12-18(24-21)20(26)23-14-17-10-6-7-11-19(17)27-2/h3-13H,14-15H2,1-2H3,(H,23,26). The van der Waals surface area contributed by atoms with E-state index >= 15 is 0 Å². The van der Waals surface area contributed by atoms with Gasteiger partial charge in [0.05, 0.1) is 7.11 Å². The highest BCUT2D eigenvalue weighted by molar-refractivity contribution is 5.92. The van der Waals surface area contributed by atoms with Gasteiger partial charge in [0.1, 0.15) is 11.4 Å². The molecule has 138 valence electrons. The zero-order chi connectivity index (χ0) is 19.1. The van der Waals surface area contributed by atoms with Crippen molar-refractivity contribution >= 4 is 11.9 Å². The predicted octanol–water partition coefficient (Wildman–Crippen LogP) is 3.05. The molecule has 0 atom stereocenters. The second kappa shape index (κ2) is 8.80. The minimum atomic E-state index is -0.252. The first-order valence-electron chi connectivity index (χ1n) is 8.65. The van der Waals surface area contributed by atoms with Crippen LogP contribution in [0.5, 0.6) is 5.75 Å². The van der Waals surface area contributed by atoms with Crippen molar-refractivity contribution in [3.63, 3.8) is 0 Å². The average molecular weight is 362 g/mol. The number of anilines is 1. The van der Waals surface area contributed by atoms with Gasteiger partial charge in [-0.1, -0.05) is 48.5 Å². The number of ether oxygens (including phenoxy) is 1. The third-order valence-electron chi connectivity index (χ3n) is 4.11. The van der Waals surface area contributed by atoms with Gasteiger partial charge in [0.15, 0.2) is 0 Å². The quantitative estimate of drug-likeness (QED) is 0.700. The van der Waals surface area contributed by atoms with E-state index in [9.17, 15) is 4.79 Å². The maximum Gasteiger partial charge on any atom is 0.270 e. The third kappa shape index (κ3) is 4.82. The molecular weight excluding hydrogens is 340 g/mol. The number of amides is 1. The minimum Gasteiger partial charge on any atom is -0.496 e. The van der Waals surface area contributed by atoms with E-state index in [2.05, 4.69) is 15.3 Å². The van der Waals surface area contributed by atoms with E-state index in [1.807, 2.05) is 66.5 Å². The van der Waals surface area contributed by atoms with E-state index in [0.29, 0.717) is 24.7 Å². The molecule has 0 bridgehead atoms. The minimum absolute atomic E-state index is 0.252. The van der Waals surface area contributed by atoms with Gasteiger partial charge in [-0.25, -0.2) is 9.97 Å². The van der Waals surface area contributed by atoms with Crippen molar-refractivity contribution in [1.82, 2.24) is 15.3 Å². The van der Waals surface area contributed by atoms with Crippen LogP contribution in [0.4, 0.5) is 5.95 Å². The van der Waals surface area contributed by atoms with E-state index < -0.39 is 0 Å². The van der Waals surface area contributed by atoms with Crippen molar-refractivity contribution in [2.45, 2.75) is 13.1 Å². The summed E-state index contributed by atoms with van der Waals surface area (Å²) in [6.45, 7) is 1.02. The zero-order valence-corrected chi connectivity index (χ0v) is 15.4. The highest BCUT2D eigenvalue weighted by Crippen LogP contribution is 2.17. The van der Waals surface area contributed by atoms with Gasteiger partial charge in [-0.2, -0.15) is 0 Å². The highest BCUT2D eigenvalue weighted by Gasteiger charge is 2.12. The highest BCUT2D eigenvalue weighted by atomic mass is 16.5. The number of benzene rings is 2. The smallest absolute Gasteiger partial charge is 0.270 e. The molecule has 1 N–H and O–H groups in total. The Morgan fingerprint density at radius 3 is 2.59 bits per heavy atom. The molecule has 0 aliphatic carbocycles. The van der Waals surface area contributed by atoms with Crippen molar-refractivity contribution in [3.8, 4) is 5.75 Å². The molecule has 27 heavy (non-hydrogen) atoms. The van der Waals surface area contributed by atoms with Crippen LogP contribution in [0.25, 0.3) is 0 Å². The predicted molar refractivity (Wildman–Crippen MR) is 105 cm³/mol. The van der Waals surface area contributed by atoms with E-state index in [4.69, 9.17) is 4.74 Å². The Labute approximate surface area is 158 Å². The van der Waals surface area contributed by atoms with Gasteiger partial charge in [0.2, 0.25) is 5.95 Å². The lowest BCUT2D eigenvalue weighted by Crippen LogP contribution is -2.26. The number of carbonyl (C=O) groups is 1. The molecule has 0 fully saturated rings. The molecular formula is C21H22N4O2. The van der Waals surface area contributed by atoms with Gasteiger partial charge in [-0.05, 0) is 17.7 Å². The summed E-state index contributed by atoms with van der Waals surface area (Å²) < 4.78 is 5.31. The Morgan fingerprint density at radius 2 is 1.81 bits per heavy atom. The number of methoxy groups -OCH3 is 1. The van der Waals surface area contributed by atoms with E-state index in [0.717, 1.165) is 16.9 Å². The zero-order valence-electron chi connectivity index (χ0n) is 15.4. The summed E-state index contributed by atoms with van der Waals surface area (Å²) in [5.41, 5.74) is 2.38. The van der Waals surface area contributed by atoms with Crippen LogP contribution < -0.4 is 15.0 Å². The molecule has 2 aromatic carbocycles. The topological polar surface area (TPSA) is 67.3 Å². The summed E-state index contributed by atoms with van der Waals surface area (Å²) in [4.78, 5) is 23.1. The number of nitrogens with one attached hydrogen (secondary N) is 1. The van der Waals surface area contributed by atoms with Crippen molar-refractivity contribution in [1.29, 1.82) is 0 Å². The van der Waals surface area contributed by atoms with Gasteiger partial charge in [-0.3, -0.25) is 4.79 Å². The summed E-state index contributed by atoms with van der Waals surface area (Å²) in [7, 11) is 3.51. The van der Waals surface area contributed by atoms with Gasteiger partial charge >= 0.3 is 0 Å². The van der Waals surface area contributed by atoms with E-state index in [-0.39, 0.29) is 5.91 Å². The first-order valence-corrected chi connectivity index (χ1v) is 8.65. The Morgan fingerprint density at radius 1 is 1.07 bits per heavy atom. The number of para-hydroxylation sites is 1. The maximum atomic E-state index is 12.5. The van der Waals surface area contributed by atoms with Crippen LogP contribution in [-0.4, -0.2) is 30.0 Å². The molecule has 0 saturated carbocycles. The van der Waals surface area contributed by atoms with E-state index in [1.54, 1.807) is 19.4 Å². The monoisotopic (exact) mass is 362 g/mol. The van der Waals surface area contributed by atoms with Crippen LogP contribution in [0.1, 0.15) is 21.6 Å². The van der Waals surface area contributed by atoms with Crippen molar-refractivity contribution < 1.29 is 9.53 Å².